The quantitative estimate of drug-likeness (QED) is 0.637. The van der Waals surface area contributed by atoms with Crippen LogP contribution in [0.4, 0.5) is 0 Å². The van der Waals surface area contributed by atoms with E-state index in [4.69, 9.17) is 16.6 Å². The molecule has 0 radical (unpaired) electrons. The highest BCUT2D eigenvalue weighted by Gasteiger charge is 2.30. The van der Waals surface area contributed by atoms with Gasteiger partial charge in [0.1, 0.15) is 0 Å². The van der Waals surface area contributed by atoms with Gasteiger partial charge in [0.05, 0.1) is 18.2 Å². The molecule has 1 aromatic carbocycles. The number of benzene rings is 1. The van der Waals surface area contributed by atoms with Crippen LogP contribution in [0.25, 0.3) is 0 Å². The van der Waals surface area contributed by atoms with Gasteiger partial charge in [-0.1, -0.05) is 35.9 Å². The number of pyridine rings is 2. The molecule has 1 aliphatic heterocycles. The van der Waals surface area contributed by atoms with E-state index in [0.29, 0.717) is 6.42 Å². The van der Waals surface area contributed by atoms with Crippen LogP contribution in [0.15, 0.2) is 67.0 Å². The molecule has 5 heteroatoms. The average molecular weight is 392 g/mol. The Labute approximate surface area is 170 Å². The zero-order valence-corrected chi connectivity index (χ0v) is 16.3. The Bertz CT molecular complexity index is 944. The van der Waals surface area contributed by atoms with Crippen molar-refractivity contribution in [3.63, 3.8) is 0 Å². The molecule has 1 amide bonds. The second-order valence-electron chi connectivity index (χ2n) is 7.14. The van der Waals surface area contributed by atoms with E-state index in [1.54, 1.807) is 12.4 Å². The van der Waals surface area contributed by atoms with E-state index in [2.05, 4.69) is 4.98 Å². The molecule has 3 heterocycles. The maximum absolute atomic E-state index is 12.9. The fourth-order valence-corrected chi connectivity index (χ4v) is 3.87. The third-order valence-electron chi connectivity index (χ3n) is 5.12. The fourth-order valence-electron chi connectivity index (χ4n) is 3.75. The summed E-state index contributed by atoms with van der Waals surface area (Å²) in [6.07, 6.45) is 6.58. The van der Waals surface area contributed by atoms with Gasteiger partial charge in [0.25, 0.3) is 0 Å². The molecule has 2 aromatic heterocycles. The number of likely N-dealkylation sites (tertiary alicyclic amines) is 1. The molecule has 0 aliphatic carbocycles. The number of carbonyl (C=O) groups excluding carboxylic acids is 1. The van der Waals surface area contributed by atoms with Crippen LogP contribution in [0, 0.1) is 0 Å². The highest BCUT2D eigenvalue weighted by atomic mass is 35.5. The van der Waals surface area contributed by atoms with Gasteiger partial charge in [-0.05, 0) is 54.3 Å². The summed E-state index contributed by atoms with van der Waals surface area (Å²) in [4.78, 5) is 23.8. The third kappa shape index (κ3) is 4.39. The molecule has 4 rings (SSSR count). The number of carbonyl (C=O) groups is 1. The van der Waals surface area contributed by atoms with Gasteiger partial charge in [-0.25, -0.2) is 0 Å². The molecule has 0 saturated carbocycles. The third-order valence-corrected chi connectivity index (χ3v) is 5.37. The Balaban J connectivity index is 1.49. The maximum atomic E-state index is 12.9. The number of nitrogens with zero attached hydrogens (tertiary/aromatic N) is 3. The van der Waals surface area contributed by atoms with Crippen LogP contribution in [0.1, 0.15) is 41.4 Å². The van der Waals surface area contributed by atoms with E-state index in [9.17, 15) is 4.79 Å². The zero-order chi connectivity index (χ0) is 19.3. The molecule has 3 aromatic rings. The lowest BCUT2D eigenvalue weighted by Crippen LogP contribution is -2.32. The standard InChI is InChI=1S/C23H22ClN3O/c24-19-10-8-17(9-11-19)14-20-5-1-6-21(26-20)22-7-3-13-27(22)23(28)15-18-4-2-12-25-16-18/h1-2,4-6,8-12,16,22H,3,7,13-15H2/t22-/m1/s1. The van der Waals surface area contributed by atoms with Gasteiger partial charge in [0, 0.05) is 36.1 Å². The van der Waals surface area contributed by atoms with Crippen molar-refractivity contribution < 1.29 is 4.79 Å². The van der Waals surface area contributed by atoms with Crippen LogP contribution in [0.3, 0.4) is 0 Å². The lowest BCUT2D eigenvalue weighted by atomic mass is 10.1. The SMILES string of the molecule is O=C(Cc1cccnc1)N1CCC[C@@H]1c1cccc(Cc2ccc(Cl)cc2)n1. The summed E-state index contributed by atoms with van der Waals surface area (Å²) >= 11 is 5.97. The first kappa shape index (κ1) is 18.6. The molecule has 0 unspecified atom stereocenters. The highest BCUT2D eigenvalue weighted by molar-refractivity contribution is 6.30. The number of halogens is 1. The Hall–Kier alpha value is -2.72. The van der Waals surface area contributed by atoms with E-state index in [1.807, 2.05) is 59.5 Å². The normalized spacial score (nSPS) is 16.3. The Morgan fingerprint density at radius 2 is 1.93 bits per heavy atom. The second kappa shape index (κ2) is 8.53. The van der Waals surface area contributed by atoms with Gasteiger partial charge in [-0.3, -0.25) is 14.8 Å². The van der Waals surface area contributed by atoms with Gasteiger partial charge in [-0.15, -0.1) is 0 Å². The van der Waals surface area contributed by atoms with Gasteiger partial charge >= 0.3 is 0 Å². The molecule has 0 bridgehead atoms. The summed E-state index contributed by atoms with van der Waals surface area (Å²) < 4.78 is 0. The van der Waals surface area contributed by atoms with Crippen LogP contribution in [0.5, 0.6) is 0 Å². The van der Waals surface area contributed by atoms with Gasteiger partial charge in [-0.2, -0.15) is 0 Å². The van der Waals surface area contributed by atoms with E-state index >= 15 is 0 Å². The van der Waals surface area contributed by atoms with E-state index < -0.39 is 0 Å². The number of rotatable bonds is 5. The topological polar surface area (TPSA) is 46.1 Å². The van der Waals surface area contributed by atoms with E-state index in [1.165, 1.54) is 5.56 Å². The molecule has 1 fully saturated rings. The fraction of sp³-hybridized carbons (Fsp3) is 0.261. The van der Waals surface area contributed by atoms with Crippen LogP contribution >= 0.6 is 11.6 Å². The Morgan fingerprint density at radius 3 is 2.71 bits per heavy atom. The minimum absolute atomic E-state index is 0.0503. The Kier molecular flexibility index (Phi) is 5.68. The van der Waals surface area contributed by atoms with Crippen molar-refractivity contribution in [1.82, 2.24) is 14.9 Å². The minimum Gasteiger partial charge on any atom is -0.334 e. The summed E-state index contributed by atoms with van der Waals surface area (Å²) in [6, 6.07) is 17.8. The second-order valence-corrected chi connectivity index (χ2v) is 7.58. The number of amides is 1. The van der Waals surface area contributed by atoms with Gasteiger partial charge in [0.15, 0.2) is 0 Å². The van der Waals surface area contributed by atoms with Crippen LogP contribution < -0.4 is 0 Å². The van der Waals surface area contributed by atoms with Crippen LogP contribution in [-0.2, 0) is 17.6 Å². The number of hydrogen-bond donors (Lipinski definition) is 0. The van der Waals surface area contributed by atoms with Crippen LogP contribution in [-0.4, -0.2) is 27.3 Å². The molecule has 28 heavy (non-hydrogen) atoms. The summed E-state index contributed by atoms with van der Waals surface area (Å²) in [5, 5.41) is 0.735. The van der Waals surface area contributed by atoms with Crippen molar-refractivity contribution >= 4 is 17.5 Å². The maximum Gasteiger partial charge on any atom is 0.227 e. The van der Waals surface area contributed by atoms with Crippen molar-refractivity contribution in [3.05, 3.63) is 94.5 Å². The molecular weight excluding hydrogens is 370 g/mol. The zero-order valence-electron chi connectivity index (χ0n) is 15.6. The number of aromatic nitrogens is 2. The predicted octanol–water partition coefficient (Wildman–Crippen LogP) is 4.63. The minimum atomic E-state index is 0.0503. The molecule has 1 saturated heterocycles. The molecule has 1 aliphatic rings. The van der Waals surface area contributed by atoms with Crippen molar-refractivity contribution in [2.45, 2.75) is 31.7 Å². The van der Waals surface area contributed by atoms with Crippen molar-refractivity contribution in [2.24, 2.45) is 0 Å². The first-order valence-electron chi connectivity index (χ1n) is 9.58. The molecule has 0 N–H and O–H groups in total. The molecule has 0 spiro atoms. The Morgan fingerprint density at radius 1 is 1.07 bits per heavy atom. The first-order chi connectivity index (χ1) is 13.7. The smallest absolute Gasteiger partial charge is 0.227 e. The summed E-state index contributed by atoms with van der Waals surface area (Å²) in [7, 11) is 0. The van der Waals surface area contributed by atoms with Gasteiger partial charge in [0.2, 0.25) is 5.91 Å². The number of hydrogen-bond acceptors (Lipinski definition) is 3. The summed E-state index contributed by atoms with van der Waals surface area (Å²) in [5.74, 6) is 0.139. The molecule has 4 nitrogen and oxygen atoms in total. The monoisotopic (exact) mass is 391 g/mol. The van der Waals surface area contributed by atoms with E-state index in [0.717, 1.165) is 47.8 Å². The van der Waals surface area contributed by atoms with E-state index in [-0.39, 0.29) is 11.9 Å². The van der Waals surface area contributed by atoms with Crippen molar-refractivity contribution in [1.29, 1.82) is 0 Å². The first-order valence-corrected chi connectivity index (χ1v) is 9.95. The largest absolute Gasteiger partial charge is 0.334 e. The summed E-state index contributed by atoms with van der Waals surface area (Å²) in [6.45, 7) is 0.785. The lowest BCUT2D eigenvalue weighted by molar-refractivity contribution is -0.131. The molecular formula is C23H22ClN3O. The molecule has 142 valence electrons. The molecule has 1 atom stereocenters. The predicted molar refractivity (Wildman–Crippen MR) is 110 cm³/mol. The lowest BCUT2D eigenvalue weighted by Gasteiger charge is -2.25. The van der Waals surface area contributed by atoms with Gasteiger partial charge < -0.3 is 4.90 Å². The van der Waals surface area contributed by atoms with Crippen molar-refractivity contribution in [2.75, 3.05) is 6.54 Å². The van der Waals surface area contributed by atoms with Crippen molar-refractivity contribution in [3.8, 4) is 0 Å². The van der Waals surface area contributed by atoms with Crippen LogP contribution in [0.2, 0.25) is 5.02 Å². The average Bonchev–Trinajstić information content (AvgIpc) is 3.21. The highest BCUT2D eigenvalue weighted by Crippen LogP contribution is 2.31. The summed E-state index contributed by atoms with van der Waals surface area (Å²) in [5.41, 5.74) is 4.10.